The number of carbonyl (C=O) groups is 1. The fraction of sp³-hybridized carbons (Fsp3) is 0.500. The molecule has 0 radical (unpaired) electrons. The number of rotatable bonds is 3. The summed E-state index contributed by atoms with van der Waals surface area (Å²) in [4.78, 5) is 18.1. The smallest absolute Gasteiger partial charge is 0.232 e. The highest BCUT2D eigenvalue weighted by Gasteiger charge is 2.56. The first-order valence-corrected chi connectivity index (χ1v) is 9.52. The van der Waals surface area contributed by atoms with Gasteiger partial charge in [0.1, 0.15) is 0 Å². The van der Waals surface area contributed by atoms with Crippen molar-refractivity contribution in [1.29, 1.82) is 0 Å². The van der Waals surface area contributed by atoms with Gasteiger partial charge in [0.25, 0.3) is 0 Å². The minimum atomic E-state index is -0.268. The number of carbonyl (C=O) groups excluding carboxylic acids is 1. The van der Waals surface area contributed by atoms with Crippen LogP contribution in [0.25, 0.3) is 0 Å². The molecule has 1 aromatic carbocycles. The van der Waals surface area contributed by atoms with E-state index < -0.39 is 0 Å². The Kier molecular flexibility index (Phi) is 3.83. The summed E-state index contributed by atoms with van der Waals surface area (Å²) in [6.45, 7) is 6.02. The SMILES string of the molecule is O=C(N1CCc2[nH]ncc2C1)[C@@]12CNC[C@@H]1CN(Cc1ccccc1)C2. The number of H-pyrrole nitrogens is 1. The maximum absolute atomic E-state index is 13.6. The molecule has 6 nitrogen and oxygen atoms in total. The number of nitrogens with zero attached hydrogens (tertiary/aromatic N) is 3. The predicted octanol–water partition coefficient (Wildman–Crippen LogP) is 1.02. The van der Waals surface area contributed by atoms with Crippen LogP contribution in [-0.2, 0) is 24.3 Å². The highest BCUT2D eigenvalue weighted by molar-refractivity contribution is 5.85. The van der Waals surface area contributed by atoms with E-state index in [1.165, 1.54) is 16.8 Å². The van der Waals surface area contributed by atoms with Crippen molar-refractivity contribution in [1.82, 2.24) is 25.3 Å². The molecular formula is C20H25N5O. The van der Waals surface area contributed by atoms with Gasteiger partial charge in [-0.1, -0.05) is 30.3 Å². The van der Waals surface area contributed by atoms with Gasteiger partial charge in [0.05, 0.1) is 11.6 Å². The van der Waals surface area contributed by atoms with Gasteiger partial charge in [-0.2, -0.15) is 5.10 Å². The van der Waals surface area contributed by atoms with Crippen molar-refractivity contribution in [2.45, 2.75) is 19.5 Å². The lowest BCUT2D eigenvalue weighted by Gasteiger charge is -2.36. The van der Waals surface area contributed by atoms with Gasteiger partial charge < -0.3 is 10.2 Å². The van der Waals surface area contributed by atoms with Crippen LogP contribution in [0.5, 0.6) is 0 Å². The third kappa shape index (κ3) is 2.56. The lowest BCUT2D eigenvalue weighted by atomic mass is 9.79. The van der Waals surface area contributed by atoms with Gasteiger partial charge in [-0.15, -0.1) is 0 Å². The molecule has 2 fully saturated rings. The Hall–Kier alpha value is -2.18. The van der Waals surface area contributed by atoms with Gasteiger partial charge in [0, 0.05) is 69.4 Å². The molecule has 2 aromatic rings. The zero-order chi connectivity index (χ0) is 17.6. The fourth-order valence-corrected chi connectivity index (χ4v) is 5.00. The van der Waals surface area contributed by atoms with Crippen molar-refractivity contribution in [3.8, 4) is 0 Å². The van der Waals surface area contributed by atoms with Crippen LogP contribution < -0.4 is 5.32 Å². The van der Waals surface area contributed by atoms with Crippen molar-refractivity contribution < 1.29 is 4.79 Å². The number of benzene rings is 1. The summed E-state index contributed by atoms with van der Waals surface area (Å²) in [5, 5.41) is 10.7. The molecule has 26 heavy (non-hydrogen) atoms. The van der Waals surface area contributed by atoms with Crippen molar-refractivity contribution in [3.63, 3.8) is 0 Å². The number of hydrogen-bond donors (Lipinski definition) is 2. The Morgan fingerprint density at radius 1 is 1.31 bits per heavy atom. The van der Waals surface area contributed by atoms with Crippen LogP contribution >= 0.6 is 0 Å². The van der Waals surface area contributed by atoms with Crippen LogP contribution in [0.4, 0.5) is 0 Å². The maximum atomic E-state index is 13.6. The predicted molar refractivity (Wildman–Crippen MR) is 98.2 cm³/mol. The van der Waals surface area contributed by atoms with Crippen LogP contribution in [0.2, 0.25) is 0 Å². The zero-order valence-electron chi connectivity index (χ0n) is 14.9. The molecule has 5 rings (SSSR count). The third-order valence-electron chi connectivity index (χ3n) is 6.36. The van der Waals surface area contributed by atoms with Crippen LogP contribution in [0.1, 0.15) is 16.8 Å². The van der Waals surface area contributed by atoms with E-state index in [2.05, 4.69) is 55.6 Å². The van der Waals surface area contributed by atoms with Crippen molar-refractivity contribution in [2.24, 2.45) is 11.3 Å². The second-order valence-corrected chi connectivity index (χ2v) is 7.99. The molecule has 6 heteroatoms. The molecule has 0 aliphatic carbocycles. The second-order valence-electron chi connectivity index (χ2n) is 7.99. The van der Waals surface area contributed by atoms with Gasteiger partial charge in [-0.05, 0) is 5.56 Å². The summed E-state index contributed by atoms with van der Waals surface area (Å²) in [6.07, 6.45) is 2.75. The fourth-order valence-electron chi connectivity index (χ4n) is 5.00. The number of amides is 1. The summed E-state index contributed by atoms with van der Waals surface area (Å²) in [6, 6.07) is 10.6. The molecule has 136 valence electrons. The molecule has 0 bridgehead atoms. The molecule has 3 aliphatic heterocycles. The van der Waals surface area contributed by atoms with E-state index in [4.69, 9.17) is 0 Å². The first-order chi connectivity index (χ1) is 12.7. The topological polar surface area (TPSA) is 64.3 Å². The van der Waals surface area contributed by atoms with E-state index in [0.29, 0.717) is 18.4 Å². The molecule has 4 heterocycles. The molecular weight excluding hydrogens is 326 g/mol. The first kappa shape index (κ1) is 16.0. The van der Waals surface area contributed by atoms with Crippen LogP contribution in [0, 0.1) is 11.3 Å². The number of aromatic nitrogens is 2. The van der Waals surface area contributed by atoms with E-state index in [-0.39, 0.29) is 5.41 Å². The number of nitrogens with one attached hydrogen (secondary N) is 2. The molecule has 0 saturated carbocycles. The van der Waals surface area contributed by atoms with E-state index in [0.717, 1.165) is 45.7 Å². The normalized spacial score (nSPS) is 28.2. The van der Waals surface area contributed by atoms with Crippen molar-refractivity contribution >= 4 is 5.91 Å². The average molecular weight is 351 g/mol. The summed E-state index contributed by atoms with van der Waals surface area (Å²) in [5.74, 6) is 0.736. The summed E-state index contributed by atoms with van der Waals surface area (Å²) < 4.78 is 0. The molecule has 2 atom stereocenters. The molecule has 2 N–H and O–H groups in total. The van der Waals surface area contributed by atoms with Crippen LogP contribution in [-0.4, -0.2) is 58.6 Å². The lowest BCUT2D eigenvalue weighted by molar-refractivity contribution is -0.143. The largest absolute Gasteiger partial charge is 0.337 e. The zero-order valence-corrected chi connectivity index (χ0v) is 14.9. The van der Waals surface area contributed by atoms with Crippen LogP contribution in [0.3, 0.4) is 0 Å². The Morgan fingerprint density at radius 3 is 3.08 bits per heavy atom. The monoisotopic (exact) mass is 351 g/mol. The minimum Gasteiger partial charge on any atom is -0.337 e. The molecule has 0 unspecified atom stereocenters. The molecule has 1 amide bonds. The van der Waals surface area contributed by atoms with E-state index >= 15 is 0 Å². The Bertz CT molecular complexity index is 804. The van der Waals surface area contributed by atoms with Gasteiger partial charge >= 0.3 is 0 Å². The Labute approximate surface area is 153 Å². The van der Waals surface area contributed by atoms with E-state index in [1.54, 1.807) is 0 Å². The summed E-state index contributed by atoms with van der Waals surface area (Å²) in [5.41, 5.74) is 3.41. The standard InChI is InChI=1S/C20H25N5O/c26-19(25-7-6-18-16(11-25)8-22-23-18)20-13-21-9-17(20)12-24(14-20)10-15-4-2-1-3-5-15/h1-5,8,17,21H,6-7,9-14H2,(H,22,23)/t17-,20-/m1/s1. The highest BCUT2D eigenvalue weighted by Crippen LogP contribution is 2.41. The highest BCUT2D eigenvalue weighted by atomic mass is 16.2. The van der Waals surface area contributed by atoms with Gasteiger partial charge in [0.15, 0.2) is 0 Å². The van der Waals surface area contributed by atoms with E-state index in [9.17, 15) is 4.79 Å². The maximum Gasteiger partial charge on any atom is 0.232 e. The van der Waals surface area contributed by atoms with Gasteiger partial charge in [0.2, 0.25) is 5.91 Å². The first-order valence-electron chi connectivity index (χ1n) is 9.52. The molecule has 0 spiro atoms. The Morgan fingerprint density at radius 2 is 2.19 bits per heavy atom. The number of fused-ring (bicyclic) bond motifs is 2. The van der Waals surface area contributed by atoms with Gasteiger partial charge in [-0.3, -0.25) is 14.8 Å². The van der Waals surface area contributed by atoms with Crippen molar-refractivity contribution in [2.75, 3.05) is 32.7 Å². The number of hydrogen-bond acceptors (Lipinski definition) is 4. The van der Waals surface area contributed by atoms with E-state index in [1.807, 2.05) is 6.20 Å². The minimum absolute atomic E-state index is 0.268. The summed E-state index contributed by atoms with van der Waals surface area (Å²) in [7, 11) is 0. The summed E-state index contributed by atoms with van der Waals surface area (Å²) >= 11 is 0. The molecule has 3 aliphatic rings. The average Bonchev–Trinajstić information content (AvgIpc) is 3.35. The Balaban J connectivity index is 1.34. The third-order valence-corrected chi connectivity index (χ3v) is 6.36. The molecule has 1 aromatic heterocycles. The number of aromatic amines is 1. The van der Waals surface area contributed by atoms with Crippen LogP contribution in [0.15, 0.2) is 36.5 Å². The number of likely N-dealkylation sites (tertiary alicyclic amines) is 1. The van der Waals surface area contributed by atoms with Gasteiger partial charge in [-0.25, -0.2) is 0 Å². The second kappa shape index (κ2) is 6.21. The molecule has 2 saturated heterocycles. The quantitative estimate of drug-likeness (QED) is 0.867. The lowest BCUT2D eigenvalue weighted by Crippen LogP contribution is -2.50. The van der Waals surface area contributed by atoms with Crippen molar-refractivity contribution in [3.05, 3.63) is 53.3 Å².